The van der Waals surface area contributed by atoms with Gasteiger partial charge in [0, 0.05) is 6.07 Å². The number of hydrogen-bond acceptors (Lipinski definition) is 6. The van der Waals surface area contributed by atoms with Crippen LogP contribution in [0.5, 0.6) is 11.5 Å². The lowest BCUT2D eigenvalue weighted by Gasteiger charge is -2.14. The van der Waals surface area contributed by atoms with Gasteiger partial charge in [-0.2, -0.15) is 0 Å². The van der Waals surface area contributed by atoms with E-state index < -0.39 is 12.1 Å². The summed E-state index contributed by atoms with van der Waals surface area (Å²) in [6, 6.07) is 11.7. The number of H-pyrrole nitrogens is 1. The number of benzene rings is 2. The molecule has 0 amide bonds. The summed E-state index contributed by atoms with van der Waals surface area (Å²) in [5.41, 5.74) is 0.532. The zero-order chi connectivity index (χ0) is 18.7. The number of rotatable bonds is 5. The van der Waals surface area contributed by atoms with Gasteiger partial charge in [-0.1, -0.05) is 12.1 Å². The smallest absolute Gasteiger partial charge is 0.339 e. The van der Waals surface area contributed by atoms with Crippen LogP contribution < -0.4 is 15.0 Å². The van der Waals surface area contributed by atoms with Gasteiger partial charge < -0.3 is 19.2 Å². The number of nitrogens with zero attached hydrogens (tertiary/aromatic N) is 1. The highest BCUT2D eigenvalue weighted by Crippen LogP contribution is 2.24. The largest absolute Gasteiger partial charge is 0.497 e. The van der Waals surface area contributed by atoms with Crippen LogP contribution in [0.25, 0.3) is 10.9 Å². The summed E-state index contributed by atoms with van der Waals surface area (Å²) >= 11 is 0. The zero-order valence-corrected chi connectivity index (χ0v) is 14.6. The highest BCUT2D eigenvalue weighted by molar-refractivity contribution is 5.90. The second-order valence-electron chi connectivity index (χ2n) is 5.62. The molecule has 2 aromatic carbocycles. The summed E-state index contributed by atoms with van der Waals surface area (Å²) < 4.78 is 15.7. The third-order valence-electron chi connectivity index (χ3n) is 3.89. The van der Waals surface area contributed by atoms with E-state index in [1.165, 1.54) is 14.2 Å². The Kier molecular flexibility index (Phi) is 4.88. The second-order valence-corrected chi connectivity index (χ2v) is 5.62. The predicted octanol–water partition coefficient (Wildman–Crippen LogP) is 2.86. The fourth-order valence-corrected chi connectivity index (χ4v) is 2.51. The van der Waals surface area contributed by atoms with Crippen LogP contribution >= 0.6 is 0 Å². The van der Waals surface area contributed by atoms with Crippen molar-refractivity contribution in [1.82, 2.24) is 9.97 Å². The first-order valence-electron chi connectivity index (χ1n) is 7.95. The van der Waals surface area contributed by atoms with Gasteiger partial charge in [0.1, 0.15) is 11.5 Å². The van der Waals surface area contributed by atoms with Crippen LogP contribution in [0.15, 0.2) is 47.3 Å². The molecule has 0 radical (unpaired) electrons. The maximum Gasteiger partial charge on any atom is 0.339 e. The van der Waals surface area contributed by atoms with Gasteiger partial charge in [0.2, 0.25) is 0 Å². The van der Waals surface area contributed by atoms with Crippen molar-refractivity contribution in [3.05, 3.63) is 64.2 Å². The van der Waals surface area contributed by atoms with Gasteiger partial charge >= 0.3 is 5.97 Å². The number of fused-ring (bicyclic) bond motifs is 1. The molecule has 0 saturated heterocycles. The average Bonchev–Trinajstić information content (AvgIpc) is 2.67. The van der Waals surface area contributed by atoms with Gasteiger partial charge in [-0.15, -0.1) is 0 Å². The summed E-state index contributed by atoms with van der Waals surface area (Å²) in [6.07, 6.45) is -0.739. The fraction of sp³-hybridized carbons (Fsp3) is 0.211. The summed E-state index contributed by atoms with van der Waals surface area (Å²) in [5, 5.41) is 0.479. The third kappa shape index (κ3) is 3.51. The van der Waals surface area contributed by atoms with Crippen LogP contribution in [0.3, 0.4) is 0 Å². The summed E-state index contributed by atoms with van der Waals surface area (Å²) in [7, 11) is 2.99. The van der Waals surface area contributed by atoms with Gasteiger partial charge in [-0.05, 0) is 31.2 Å². The van der Waals surface area contributed by atoms with E-state index in [9.17, 15) is 9.59 Å². The molecule has 0 spiro atoms. The normalized spacial score (nSPS) is 11.8. The molecule has 3 rings (SSSR count). The first-order valence-corrected chi connectivity index (χ1v) is 7.95. The molecule has 0 fully saturated rings. The number of hydrogen-bond donors (Lipinski definition) is 1. The molecule has 7 nitrogen and oxygen atoms in total. The standard InChI is InChI=1S/C19H18N2O5/c1-11(17-20-16-7-5-4-6-15(16)18(22)21-17)26-19(23)12-8-13(24-2)10-14(9-12)25-3/h4-11H,1-3H3,(H,20,21,22)/t11-/m1/s1. The number of nitrogens with one attached hydrogen (secondary N) is 1. The minimum Gasteiger partial charge on any atom is -0.497 e. The van der Waals surface area contributed by atoms with E-state index in [1.54, 1.807) is 49.4 Å². The molecule has 1 atom stereocenters. The Labute approximate surface area is 149 Å². The summed E-state index contributed by atoms with van der Waals surface area (Å²) in [6.45, 7) is 1.64. The zero-order valence-electron chi connectivity index (χ0n) is 14.6. The van der Waals surface area contributed by atoms with Crippen molar-refractivity contribution in [2.75, 3.05) is 14.2 Å². The lowest BCUT2D eigenvalue weighted by atomic mass is 10.2. The Balaban J connectivity index is 1.87. The summed E-state index contributed by atoms with van der Waals surface area (Å²) in [4.78, 5) is 31.6. The van der Waals surface area contributed by atoms with Crippen LogP contribution in [-0.4, -0.2) is 30.2 Å². The molecule has 0 bridgehead atoms. The molecule has 0 aliphatic carbocycles. The molecule has 1 aromatic heterocycles. The topological polar surface area (TPSA) is 90.5 Å². The Bertz CT molecular complexity index is 990. The van der Waals surface area contributed by atoms with Crippen LogP contribution in [0.4, 0.5) is 0 Å². The van der Waals surface area contributed by atoms with Crippen molar-refractivity contribution in [2.24, 2.45) is 0 Å². The lowest BCUT2D eigenvalue weighted by Crippen LogP contribution is -2.17. The molecule has 1 heterocycles. The molecule has 3 aromatic rings. The Morgan fingerprint density at radius 1 is 1.08 bits per heavy atom. The van der Waals surface area contributed by atoms with E-state index in [2.05, 4.69) is 9.97 Å². The summed E-state index contributed by atoms with van der Waals surface area (Å²) in [5.74, 6) is 0.643. The number of aromatic amines is 1. The number of carbonyl (C=O) groups is 1. The number of para-hydroxylation sites is 1. The number of methoxy groups -OCH3 is 2. The molecular weight excluding hydrogens is 336 g/mol. The van der Waals surface area contributed by atoms with Crippen molar-refractivity contribution in [3.63, 3.8) is 0 Å². The van der Waals surface area contributed by atoms with Gasteiger partial charge in [0.05, 0.1) is 30.7 Å². The average molecular weight is 354 g/mol. The monoisotopic (exact) mass is 354 g/mol. The highest BCUT2D eigenvalue weighted by atomic mass is 16.5. The van der Waals surface area contributed by atoms with E-state index in [1.807, 2.05) is 0 Å². The SMILES string of the molecule is COc1cc(OC)cc(C(=O)O[C@H](C)c2nc3ccccc3c(=O)[nH]2)c1. The minimum atomic E-state index is -0.739. The number of aromatic nitrogens is 2. The first kappa shape index (κ1) is 17.5. The molecular formula is C19H18N2O5. The second kappa shape index (κ2) is 7.26. The van der Waals surface area contributed by atoms with Crippen LogP contribution in [0, 0.1) is 0 Å². The van der Waals surface area contributed by atoms with Crippen molar-refractivity contribution in [1.29, 1.82) is 0 Å². The van der Waals surface area contributed by atoms with Crippen molar-refractivity contribution < 1.29 is 19.0 Å². The molecule has 7 heteroatoms. The molecule has 26 heavy (non-hydrogen) atoms. The van der Waals surface area contributed by atoms with Gasteiger partial charge in [-0.25, -0.2) is 9.78 Å². The quantitative estimate of drug-likeness (QED) is 0.709. The molecule has 0 unspecified atom stereocenters. The molecule has 1 N–H and O–H groups in total. The van der Waals surface area contributed by atoms with E-state index in [0.29, 0.717) is 22.4 Å². The number of carbonyl (C=O) groups excluding carboxylic acids is 1. The molecule has 0 aliphatic rings. The fourth-order valence-electron chi connectivity index (χ4n) is 2.51. The Hall–Kier alpha value is -3.35. The lowest BCUT2D eigenvalue weighted by molar-refractivity contribution is 0.0319. The Morgan fingerprint density at radius 3 is 2.38 bits per heavy atom. The maximum atomic E-state index is 12.5. The van der Waals surface area contributed by atoms with Crippen LogP contribution in [-0.2, 0) is 4.74 Å². The van der Waals surface area contributed by atoms with Crippen molar-refractivity contribution in [3.8, 4) is 11.5 Å². The van der Waals surface area contributed by atoms with Gasteiger partial charge in [-0.3, -0.25) is 4.79 Å². The van der Waals surface area contributed by atoms with Gasteiger partial charge in [0.25, 0.3) is 5.56 Å². The van der Waals surface area contributed by atoms with E-state index in [4.69, 9.17) is 14.2 Å². The van der Waals surface area contributed by atoms with Crippen LogP contribution in [0.1, 0.15) is 29.2 Å². The van der Waals surface area contributed by atoms with E-state index in [-0.39, 0.29) is 16.9 Å². The first-order chi connectivity index (χ1) is 12.5. The molecule has 134 valence electrons. The van der Waals surface area contributed by atoms with Crippen molar-refractivity contribution >= 4 is 16.9 Å². The molecule has 0 saturated carbocycles. The number of esters is 1. The molecule has 0 aliphatic heterocycles. The predicted molar refractivity (Wildman–Crippen MR) is 95.7 cm³/mol. The third-order valence-corrected chi connectivity index (χ3v) is 3.89. The van der Waals surface area contributed by atoms with Gasteiger partial charge in [0.15, 0.2) is 11.9 Å². The highest BCUT2D eigenvalue weighted by Gasteiger charge is 2.18. The van der Waals surface area contributed by atoms with E-state index >= 15 is 0 Å². The number of ether oxygens (including phenoxy) is 3. The Morgan fingerprint density at radius 2 is 1.73 bits per heavy atom. The minimum absolute atomic E-state index is 0.274. The van der Waals surface area contributed by atoms with Crippen molar-refractivity contribution in [2.45, 2.75) is 13.0 Å². The van der Waals surface area contributed by atoms with E-state index in [0.717, 1.165) is 0 Å². The van der Waals surface area contributed by atoms with Crippen LogP contribution in [0.2, 0.25) is 0 Å². The maximum absolute atomic E-state index is 12.5.